The summed E-state index contributed by atoms with van der Waals surface area (Å²) in [4.78, 5) is 27.3. The highest BCUT2D eigenvalue weighted by atomic mass is 32.1. The number of piperidine rings is 1. The average molecular weight is 498 g/mol. The lowest BCUT2D eigenvalue weighted by atomic mass is 9.99. The summed E-state index contributed by atoms with van der Waals surface area (Å²) in [6.45, 7) is 1.11. The average Bonchev–Trinajstić information content (AvgIpc) is 3.40. The van der Waals surface area contributed by atoms with Crippen molar-refractivity contribution >= 4 is 34.6 Å². The second kappa shape index (κ2) is 11.0. The highest BCUT2D eigenvalue weighted by Crippen LogP contribution is 2.32. The van der Waals surface area contributed by atoms with Gasteiger partial charge in [0, 0.05) is 30.8 Å². The minimum atomic E-state index is -0.323. The van der Waals surface area contributed by atoms with Gasteiger partial charge < -0.3 is 29.7 Å². The molecule has 1 unspecified atom stereocenters. The molecule has 184 valence electrons. The van der Waals surface area contributed by atoms with Crippen molar-refractivity contribution in [3.05, 3.63) is 52.5 Å². The molecule has 0 aliphatic carbocycles. The zero-order valence-corrected chi connectivity index (χ0v) is 20.6. The molecule has 1 aliphatic heterocycles. The molecule has 3 amide bonds. The first-order valence-corrected chi connectivity index (χ1v) is 11.9. The SMILES string of the molecule is COc1ccc(NC(=O)c2nnc(C3CCCN(C(=O)Nc4ccc(OC)cc4OC)C3)s2)cc1. The number of urea groups is 1. The van der Waals surface area contributed by atoms with E-state index >= 15 is 0 Å². The van der Waals surface area contributed by atoms with E-state index in [2.05, 4.69) is 20.8 Å². The van der Waals surface area contributed by atoms with Crippen LogP contribution in [0.5, 0.6) is 17.2 Å². The molecule has 0 radical (unpaired) electrons. The molecule has 35 heavy (non-hydrogen) atoms. The topological polar surface area (TPSA) is 115 Å². The van der Waals surface area contributed by atoms with Crippen LogP contribution in [0.2, 0.25) is 0 Å². The molecule has 11 heteroatoms. The molecular formula is C24H27N5O5S. The molecule has 0 bridgehead atoms. The predicted molar refractivity (Wildman–Crippen MR) is 133 cm³/mol. The minimum absolute atomic E-state index is 0.00676. The van der Waals surface area contributed by atoms with Gasteiger partial charge in [0.05, 0.1) is 27.0 Å². The van der Waals surface area contributed by atoms with Crippen molar-refractivity contribution < 1.29 is 23.8 Å². The van der Waals surface area contributed by atoms with Crippen LogP contribution in [0.4, 0.5) is 16.2 Å². The number of rotatable bonds is 7. The number of nitrogens with one attached hydrogen (secondary N) is 2. The van der Waals surface area contributed by atoms with Crippen LogP contribution in [0, 0.1) is 0 Å². The Morgan fingerprint density at radius 1 is 0.971 bits per heavy atom. The first kappa shape index (κ1) is 24.3. The van der Waals surface area contributed by atoms with E-state index in [1.807, 2.05) is 0 Å². The van der Waals surface area contributed by atoms with Gasteiger partial charge in [-0.25, -0.2) is 4.79 Å². The number of benzene rings is 2. The van der Waals surface area contributed by atoms with E-state index in [0.717, 1.165) is 17.8 Å². The third-order valence-corrected chi connectivity index (χ3v) is 6.78. The molecule has 1 atom stereocenters. The zero-order chi connectivity index (χ0) is 24.8. The first-order valence-electron chi connectivity index (χ1n) is 11.1. The third-order valence-electron chi connectivity index (χ3n) is 5.69. The van der Waals surface area contributed by atoms with Gasteiger partial charge >= 0.3 is 6.03 Å². The highest BCUT2D eigenvalue weighted by Gasteiger charge is 2.28. The van der Waals surface area contributed by atoms with Crippen molar-refractivity contribution in [1.29, 1.82) is 0 Å². The van der Waals surface area contributed by atoms with E-state index in [9.17, 15) is 9.59 Å². The Morgan fingerprint density at radius 2 is 1.71 bits per heavy atom. The third kappa shape index (κ3) is 5.80. The Hall–Kier alpha value is -3.86. The number of hydrogen-bond acceptors (Lipinski definition) is 8. The Morgan fingerprint density at radius 3 is 2.43 bits per heavy atom. The lowest BCUT2D eigenvalue weighted by molar-refractivity contribution is 0.102. The van der Waals surface area contributed by atoms with Crippen molar-refractivity contribution in [2.75, 3.05) is 45.1 Å². The van der Waals surface area contributed by atoms with E-state index in [1.165, 1.54) is 11.3 Å². The number of carbonyl (C=O) groups is 2. The fourth-order valence-electron chi connectivity index (χ4n) is 3.81. The second-order valence-electron chi connectivity index (χ2n) is 7.91. The molecule has 2 aromatic carbocycles. The Bertz CT molecular complexity index is 1180. The van der Waals surface area contributed by atoms with E-state index in [1.54, 1.807) is 68.7 Å². The molecule has 1 aliphatic rings. The standard InChI is InChI=1S/C24H27N5O5S/c1-32-17-8-6-16(7-9-17)25-21(30)23-28-27-22(35-23)15-5-4-12-29(14-15)24(31)26-19-11-10-18(33-2)13-20(19)34-3/h6-11,13,15H,4-5,12,14H2,1-3H3,(H,25,30)(H,26,31). The number of carbonyl (C=O) groups excluding carboxylic acids is 2. The second-order valence-corrected chi connectivity index (χ2v) is 8.92. The molecule has 10 nitrogen and oxygen atoms in total. The number of aromatic nitrogens is 2. The lowest BCUT2D eigenvalue weighted by Gasteiger charge is -2.31. The van der Waals surface area contributed by atoms with Gasteiger partial charge in [-0.2, -0.15) is 0 Å². The fourth-order valence-corrected chi connectivity index (χ4v) is 4.67. The summed E-state index contributed by atoms with van der Waals surface area (Å²) in [6, 6.07) is 12.1. The van der Waals surface area contributed by atoms with Crippen LogP contribution in [0.15, 0.2) is 42.5 Å². The van der Waals surface area contributed by atoms with E-state index < -0.39 is 0 Å². The molecule has 3 aromatic rings. The molecular weight excluding hydrogens is 470 g/mol. The maximum Gasteiger partial charge on any atom is 0.321 e. The normalized spacial score (nSPS) is 15.3. The van der Waals surface area contributed by atoms with Crippen molar-refractivity contribution in [2.45, 2.75) is 18.8 Å². The number of nitrogens with zero attached hydrogens (tertiary/aromatic N) is 3. The van der Waals surface area contributed by atoms with Gasteiger partial charge in [0.25, 0.3) is 5.91 Å². The first-order chi connectivity index (χ1) is 17.0. The number of hydrogen-bond donors (Lipinski definition) is 2. The molecule has 1 fully saturated rings. The van der Waals surface area contributed by atoms with Gasteiger partial charge in [-0.3, -0.25) is 4.79 Å². The maximum atomic E-state index is 13.0. The molecule has 4 rings (SSSR count). The molecule has 1 saturated heterocycles. The number of likely N-dealkylation sites (tertiary alicyclic amines) is 1. The monoisotopic (exact) mass is 497 g/mol. The van der Waals surface area contributed by atoms with Gasteiger partial charge in [0.1, 0.15) is 22.3 Å². The van der Waals surface area contributed by atoms with E-state index in [0.29, 0.717) is 41.7 Å². The predicted octanol–water partition coefficient (Wildman–Crippen LogP) is 4.23. The Kier molecular flexibility index (Phi) is 7.66. The Labute approximate surface area is 207 Å². The number of methoxy groups -OCH3 is 3. The summed E-state index contributed by atoms with van der Waals surface area (Å²) in [6.07, 6.45) is 1.69. The molecule has 1 aromatic heterocycles. The lowest BCUT2D eigenvalue weighted by Crippen LogP contribution is -2.41. The van der Waals surface area contributed by atoms with Crippen LogP contribution in [-0.2, 0) is 0 Å². The highest BCUT2D eigenvalue weighted by molar-refractivity contribution is 7.13. The van der Waals surface area contributed by atoms with Crippen LogP contribution >= 0.6 is 11.3 Å². The Balaban J connectivity index is 1.38. The summed E-state index contributed by atoms with van der Waals surface area (Å²) in [7, 11) is 4.70. The summed E-state index contributed by atoms with van der Waals surface area (Å²) in [5.74, 6) is 1.55. The van der Waals surface area contributed by atoms with Gasteiger partial charge in [-0.05, 0) is 49.2 Å². The summed E-state index contributed by atoms with van der Waals surface area (Å²) < 4.78 is 15.7. The maximum absolute atomic E-state index is 13.0. The van der Waals surface area contributed by atoms with Crippen LogP contribution in [0.25, 0.3) is 0 Å². The zero-order valence-electron chi connectivity index (χ0n) is 19.7. The number of amides is 3. The smallest absolute Gasteiger partial charge is 0.321 e. The molecule has 2 N–H and O–H groups in total. The van der Waals surface area contributed by atoms with Crippen LogP contribution in [0.1, 0.15) is 33.6 Å². The van der Waals surface area contributed by atoms with Crippen LogP contribution in [0.3, 0.4) is 0 Å². The van der Waals surface area contributed by atoms with Crippen LogP contribution in [-0.4, -0.2) is 61.5 Å². The fraction of sp³-hybridized carbons (Fsp3) is 0.333. The van der Waals surface area contributed by atoms with Crippen molar-refractivity contribution in [3.8, 4) is 17.2 Å². The van der Waals surface area contributed by atoms with Crippen molar-refractivity contribution in [2.24, 2.45) is 0 Å². The number of ether oxygens (including phenoxy) is 3. The summed E-state index contributed by atoms with van der Waals surface area (Å²) >= 11 is 1.25. The summed E-state index contributed by atoms with van der Waals surface area (Å²) in [5.41, 5.74) is 1.20. The number of anilines is 2. The van der Waals surface area contributed by atoms with Gasteiger partial charge in [0.2, 0.25) is 5.01 Å². The molecule has 2 heterocycles. The van der Waals surface area contributed by atoms with Gasteiger partial charge in [-0.1, -0.05) is 11.3 Å². The summed E-state index contributed by atoms with van der Waals surface area (Å²) in [5, 5.41) is 15.1. The van der Waals surface area contributed by atoms with Crippen LogP contribution < -0.4 is 24.8 Å². The quantitative estimate of drug-likeness (QED) is 0.502. The minimum Gasteiger partial charge on any atom is -0.497 e. The van der Waals surface area contributed by atoms with Crippen molar-refractivity contribution in [3.63, 3.8) is 0 Å². The molecule has 0 spiro atoms. The van der Waals surface area contributed by atoms with Gasteiger partial charge in [0.15, 0.2) is 0 Å². The molecule has 0 saturated carbocycles. The van der Waals surface area contributed by atoms with E-state index in [4.69, 9.17) is 14.2 Å². The van der Waals surface area contributed by atoms with Gasteiger partial charge in [-0.15, -0.1) is 10.2 Å². The largest absolute Gasteiger partial charge is 0.497 e. The van der Waals surface area contributed by atoms with E-state index in [-0.39, 0.29) is 22.9 Å². The van der Waals surface area contributed by atoms with Crippen molar-refractivity contribution in [1.82, 2.24) is 15.1 Å².